The Morgan fingerprint density at radius 1 is 1.15 bits per heavy atom. The molecule has 0 unspecified atom stereocenters. The standard InChI is InChI=1S/C14H11ClF3NO/c15-11-7-10(16)5-6-12(11)19-8-9-3-1-2-4-13(9)20-14(17)18/h1-7,14,19H,8H2. The van der Waals surface area contributed by atoms with Crippen LogP contribution in [0, 0.1) is 5.82 Å². The molecule has 0 atom stereocenters. The molecule has 2 aromatic carbocycles. The molecule has 0 aliphatic carbocycles. The second-order valence-electron chi connectivity index (χ2n) is 3.96. The van der Waals surface area contributed by atoms with Crippen LogP contribution in [0.1, 0.15) is 5.56 Å². The van der Waals surface area contributed by atoms with Gasteiger partial charge in [0.15, 0.2) is 0 Å². The molecule has 0 saturated carbocycles. The van der Waals surface area contributed by atoms with E-state index in [1.165, 1.54) is 24.3 Å². The number of ether oxygens (including phenoxy) is 1. The van der Waals surface area contributed by atoms with Crippen molar-refractivity contribution < 1.29 is 17.9 Å². The Labute approximate surface area is 119 Å². The van der Waals surface area contributed by atoms with Crippen molar-refractivity contribution in [3.05, 3.63) is 58.9 Å². The van der Waals surface area contributed by atoms with Gasteiger partial charge in [-0.3, -0.25) is 0 Å². The number of para-hydroxylation sites is 1. The fraction of sp³-hybridized carbons (Fsp3) is 0.143. The quantitative estimate of drug-likeness (QED) is 0.865. The molecule has 2 aromatic rings. The van der Waals surface area contributed by atoms with E-state index in [0.717, 1.165) is 0 Å². The summed E-state index contributed by atoms with van der Waals surface area (Å²) in [5.41, 5.74) is 1.06. The predicted molar refractivity (Wildman–Crippen MR) is 71.8 cm³/mol. The molecule has 0 aliphatic heterocycles. The van der Waals surface area contributed by atoms with E-state index in [-0.39, 0.29) is 17.3 Å². The maximum Gasteiger partial charge on any atom is 0.387 e. The highest BCUT2D eigenvalue weighted by atomic mass is 35.5. The molecule has 0 aromatic heterocycles. The Bertz CT molecular complexity index is 592. The molecule has 0 saturated heterocycles. The minimum atomic E-state index is -2.88. The van der Waals surface area contributed by atoms with E-state index in [2.05, 4.69) is 10.1 Å². The molecule has 0 spiro atoms. The summed E-state index contributed by atoms with van der Waals surface area (Å²) in [6.45, 7) is -2.65. The normalized spacial score (nSPS) is 10.7. The van der Waals surface area contributed by atoms with Crippen LogP contribution in [-0.2, 0) is 6.54 Å². The lowest BCUT2D eigenvalue weighted by Crippen LogP contribution is -2.07. The highest BCUT2D eigenvalue weighted by molar-refractivity contribution is 6.33. The molecule has 1 N–H and O–H groups in total. The smallest absolute Gasteiger partial charge is 0.387 e. The van der Waals surface area contributed by atoms with Gasteiger partial charge in [0.05, 0.1) is 10.7 Å². The molecule has 0 fully saturated rings. The van der Waals surface area contributed by atoms with Gasteiger partial charge in [0, 0.05) is 12.1 Å². The number of anilines is 1. The average molecular weight is 302 g/mol. The number of benzene rings is 2. The minimum absolute atomic E-state index is 0.0910. The molecule has 0 radical (unpaired) electrons. The molecule has 2 nitrogen and oxygen atoms in total. The third kappa shape index (κ3) is 3.81. The van der Waals surface area contributed by atoms with Crippen LogP contribution in [0.25, 0.3) is 0 Å². The van der Waals surface area contributed by atoms with Gasteiger partial charge in [-0.05, 0) is 24.3 Å². The van der Waals surface area contributed by atoms with Crippen molar-refractivity contribution in [2.45, 2.75) is 13.2 Å². The van der Waals surface area contributed by atoms with Crippen LogP contribution in [0.4, 0.5) is 18.9 Å². The first-order valence-electron chi connectivity index (χ1n) is 5.78. The third-order valence-electron chi connectivity index (χ3n) is 2.59. The van der Waals surface area contributed by atoms with Gasteiger partial charge in [-0.2, -0.15) is 8.78 Å². The molecule has 106 valence electrons. The van der Waals surface area contributed by atoms with Crippen molar-refractivity contribution in [3.63, 3.8) is 0 Å². The number of rotatable bonds is 5. The van der Waals surface area contributed by atoms with E-state index in [9.17, 15) is 13.2 Å². The van der Waals surface area contributed by atoms with Crippen molar-refractivity contribution in [3.8, 4) is 5.75 Å². The van der Waals surface area contributed by atoms with Gasteiger partial charge < -0.3 is 10.1 Å². The minimum Gasteiger partial charge on any atom is -0.434 e. The Balaban J connectivity index is 2.10. The average Bonchev–Trinajstić information content (AvgIpc) is 2.39. The maximum absolute atomic E-state index is 12.9. The first-order chi connectivity index (χ1) is 9.56. The molecular formula is C14H11ClF3NO. The molecular weight excluding hydrogens is 291 g/mol. The zero-order valence-corrected chi connectivity index (χ0v) is 11.0. The van der Waals surface area contributed by atoms with Gasteiger partial charge in [-0.25, -0.2) is 4.39 Å². The van der Waals surface area contributed by atoms with Crippen LogP contribution in [0.15, 0.2) is 42.5 Å². The molecule has 0 aliphatic rings. The van der Waals surface area contributed by atoms with E-state index in [1.807, 2.05) is 0 Å². The molecule has 0 bridgehead atoms. The highest BCUT2D eigenvalue weighted by Crippen LogP contribution is 2.25. The maximum atomic E-state index is 12.9. The van der Waals surface area contributed by atoms with Gasteiger partial charge in [0.2, 0.25) is 0 Å². The fourth-order valence-electron chi connectivity index (χ4n) is 1.68. The second-order valence-corrected chi connectivity index (χ2v) is 4.37. The molecule has 6 heteroatoms. The van der Waals surface area contributed by atoms with Crippen molar-refractivity contribution in [2.24, 2.45) is 0 Å². The van der Waals surface area contributed by atoms with Gasteiger partial charge in [0.25, 0.3) is 0 Å². The summed E-state index contributed by atoms with van der Waals surface area (Å²) in [7, 11) is 0. The monoisotopic (exact) mass is 301 g/mol. The lowest BCUT2D eigenvalue weighted by molar-refractivity contribution is -0.0504. The Morgan fingerprint density at radius 2 is 1.90 bits per heavy atom. The Hall–Kier alpha value is -1.88. The zero-order valence-electron chi connectivity index (χ0n) is 10.2. The van der Waals surface area contributed by atoms with Crippen LogP contribution in [-0.4, -0.2) is 6.61 Å². The summed E-state index contributed by atoms with van der Waals surface area (Å²) in [6, 6.07) is 10.3. The Morgan fingerprint density at radius 3 is 2.60 bits per heavy atom. The van der Waals surface area contributed by atoms with Gasteiger partial charge in [-0.15, -0.1) is 0 Å². The summed E-state index contributed by atoms with van der Waals surface area (Å²) in [5.74, 6) is -0.352. The van der Waals surface area contributed by atoms with Crippen molar-refractivity contribution in [2.75, 3.05) is 5.32 Å². The summed E-state index contributed by atoms with van der Waals surface area (Å²) in [6.07, 6.45) is 0. The first-order valence-corrected chi connectivity index (χ1v) is 6.15. The van der Waals surface area contributed by atoms with E-state index < -0.39 is 12.4 Å². The number of hydrogen-bond donors (Lipinski definition) is 1. The van der Waals surface area contributed by atoms with Crippen LogP contribution in [0.5, 0.6) is 5.75 Å². The van der Waals surface area contributed by atoms with Crippen LogP contribution < -0.4 is 10.1 Å². The van der Waals surface area contributed by atoms with Crippen LogP contribution >= 0.6 is 11.6 Å². The lowest BCUT2D eigenvalue weighted by atomic mass is 10.2. The number of hydrogen-bond acceptors (Lipinski definition) is 2. The molecule has 20 heavy (non-hydrogen) atoms. The fourth-order valence-corrected chi connectivity index (χ4v) is 1.92. The highest BCUT2D eigenvalue weighted by Gasteiger charge is 2.09. The van der Waals surface area contributed by atoms with Crippen LogP contribution in [0.3, 0.4) is 0 Å². The summed E-state index contributed by atoms with van der Waals surface area (Å²) < 4.78 is 41.9. The molecule has 0 heterocycles. The lowest BCUT2D eigenvalue weighted by Gasteiger charge is -2.12. The number of alkyl halides is 2. The van der Waals surface area contributed by atoms with E-state index in [0.29, 0.717) is 11.3 Å². The second kappa shape index (κ2) is 6.52. The van der Waals surface area contributed by atoms with Crippen LogP contribution in [0.2, 0.25) is 5.02 Å². The Kier molecular flexibility index (Phi) is 4.74. The van der Waals surface area contributed by atoms with Crippen molar-refractivity contribution in [1.29, 1.82) is 0 Å². The SMILES string of the molecule is Fc1ccc(NCc2ccccc2OC(F)F)c(Cl)c1. The molecule has 2 rings (SSSR count). The molecule has 0 amide bonds. The zero-order chi connectivity index (χ0) is 14.5. The number of nitrogens with one attached hydrogen (secondary N) is 1. The van der Waals surface area contributed by atoms with E-state index >= 15 is 0 Å². The number of halogens is 4. The third-order valence-corrected chi connectivity index (χ3v) is 2.90. The van der Waals surface area contributed by atoms with Crippen molar-refractivity contribution in [1.82, 2.24) is 0 Å². The predicted octanol–water partition coefficient (Wildman–Crippen LogP) is 4.69. The van der Waals surface area contributed by atoms with Gasteiger partial charge in [-0.1, -0.05) is 29.8 Å². The van der Waals surface area contributed by atoms with Crippen molar-refractivity contribution >= 4 is 17.3 Å². The van der Waals surface area contributed by atoms with E-state index in [4.69, 9.17) is 11.6 Å². The van der Waals surface area contributed by atoms with Gasteiger partial charge in [0.1, 0.15) is 11.6 Å². The van der Waals surface area contributed by atoms with E-state index in [1.54, 1.807) is 18.2 Å². The van der Waals surface area contributed by atoms with Gasteiger partial charge >= 0.3 is 6.61 Å². The first kappa shape index (κ1) is 14.5. The topological polar surface area (TPSA) is 21.3 Å². The summed E-state index contributed by atoms with van der Waals surface area (Å²) in [4.78, 5) is 0. The summed E-state index contributed by atoms with van der Waals surface area (Å²) in [5, 5.41) is 3.17. The summed E-state index contributed by atoms with van der Waals surface area (Å²) >= 11 is 5.87. The largest absolute Gasteiger partial charge is 0.434 e.